The summed E-state index contributed by atoms with van der Waals surface area (Å²) in [5.41, 5.74) is 0.557. The Balaban J connectivity index is 1.02. The summed E-state index contributed by atoms with van der Waals surface area (Å²) < 4.78 is 58.6. The summed E-state index contributed by atoms with van der Waals surface area (Å²) in [5, 5.41) is 22.0. The fraction of sp³-hybridized carbons (Fsp3) is 0.609. The Labute approximate surface area is 208 Å². The molecule has 1 amide bonds. The third kappa shape index (κ3) is 4.55. The maximum atomic E-state index is 12.9. The highest BCUT2D eigenvalue weighted by molar-refractivity contribution is 6.30. The van der Waals surface area contributed by atoms with Gasteiger partial charge in [-0.2, -0.15) is 0 Å². The smallest absolute Gasteiger partial charge is 0.480 e. The van der Waals surface area contributed by atoms with Gasteiger partial charge in [0.05, 0.1) is 36.4 Å². The molecule has 2 aromatic rings. The highest BCUT2D eigenvalue weighted by Crippen LogP contribution is 2.46. The Morgan fingerprint density at radius 2 is 1.89 bits per heavy atom. The molecular formula is C23H23ClF3N3O6. The van der Waals surface area contributed by atoms with E-state index in [9.17, 15) is 23.1 Å². The molecule has 0 spiro atoms. The molecule has 3 fully saturated rings. The van der Waals surface area contributed by atoms with Crippen LogP contribution in [-0.2, 0) is 14.3 Å². The summed E-state index contributed by atoms with van der Waals surface area (Å²) in [6.45, 7) is 0. The third-order valence-electron chi connectivity index (χ3n) is 7.39. The molecule has 1 aliphatic carbocycles. The van der Waals surface area contributed by atoms with E-state index in [0.29, 0.717) is 41.0 Å². The maximum Gasteiger partial charge on any atom is 0.522 e. The van der Waals surface area contributed by atoms with E-state index < -0.39 is 24.7 Å². The van der Waals surface area contributed by atoms with Gasteiger partial charge in [0, 0.05) is 22.9 Å². The number of alkyl halides is 3. The van der Waals surface area contributed by atoms with E-state index in [1.807, 2.05) is 0 Å². The SMILES string of the molecule is O=C(N[C@@H]1C[C@@H]2O[C@H]1C[C@H]2c1nnc([C@H]2C[C@@H](OC(F)(F)F)C2)o1)[C@@H]1C[C@@H](O)c2cc(Cl)ccc2O1. The number of fused-ring (bicyclic) bond motifs is 3. The van der Waals surface area contributed by atoms with Gasteiger partial charge < -0.3 is 24.3 Å². The molecule has 1 aromatic heterocycles. The molecule has 194 valence electrons. The molecule has 36 heavy (non-hydrogen) atoms. The number of carbonyl (C=O) groups excluding carboxylic acids is 1. The Kier molecular flexibility index (Phi) is 5.90. The summed E-state index contributed by atoms with van der Waals surface area (Å²) >= 11 is 5.98. The molecule has 6 rings (SSSR count). The molecule has 1 aromatic carbocycles. The Morgan fingerprint density at radius 3 is 2.61 bits per heavy atom. The van der Waals surface area contributed by atoms with Crippen molar-refractivity contribution in [2.75, 3.05) is 0 Å². The van der Waals surface area contributed by atoms with Crippen LogP contribution in [0.3, 0.4) is 0 Å². The predicted octanol–water partition coefficient (Wildman–Crippen LogP) is 3.52. The number of carbonyl (C=O) groups is 1. The Bertz CT molecular complexity index is 1160. The lowest BCUT2D eigenvalue weighted by Gasteiger charge is -2.32. The molecule has 2 N–H and O–H groups in total. The molecule has 9 nitrogen and oxygen atoms in total. The second-order valence-corrected chi connectivity index (χ2v) is 10.2. The van der Waals surface area contributed by atoms with Gasteiger partial charge in [0.2, 0.25) is 11.8 Å². The van der Waals surface area contributed by atoms with E-state index in [1.165, 1.54) is 0 Å². The van der Waals surface area contributed by atoms with Crippen LogP contribution < -0.4 is 10.1 Å². The van der Waals surface area contributed by atoms with Gasteiger partial charge >= 0.3 is 6.36 Å². The molecule has 6 atom stereocenters. The number of hydrogen-bond donors (Lipinski definition) is 2. The van der Waals surface area contributed by atoms with Crippen molar-refractivity contribution in [3.8, 4) is 5.75 Å². The van der Waals surface area contributed by atoms with E-state index >= 15 is 0 Å². The Morgan fingerprint density at radius 1 is 1.11 bits per heavy atom. The van der Waals surface area contributed by atoms with Gasteiger partial charge in [-0.15, -0.1) is 23.4 Å². The van der Waals surface area contributed by atoms with Gasteiger partial charge in [0.15, 0.2) is 6.10 Å². The number of aliphatic hydroxyl groups is 1. The highest BCUT2D eigenvalue weighted by atomic mass is 35.5. The predicted molar refractivity (Wildman–Crippen MR) is 115 cm³/mol. The number of aliphatic hydroxyl groups excluding tert-OH is 1. The number of ether oxygens (including phenoxy) is 3. The largest absolute Gasteiger partial charge is 0.522 e. The lowest BCUT2D eigenvalue weighted by molar-refractivity contribution is -0.352. The first-order chi connectivity index (χ1) is 17.1. The second-order valence-electron chi connectivity index (χ2n) is 9.78. The fourth-order valence-electron chi connectivity index (χ4n) is 5.54. The normalized spacial score (nSPS) is 35.1. The van der Waals surface area contributed by atoms with Crippen molar-refractivity contribution in [2.24, 2.45) is 0 Å². The minimum absolute atomic E-state index is 0.115. The highest BCUT2D eigenvalue weighted by Gasteiger charge is 2.51. The number of halogens is 4. The van der Waals surface area contributed by atoms with Crippen LogP contribution in [0.1, 0.15) is 67.4 Å². The van der Waals surface area contributed by atoms with Crippen LogP contribution in [0.5, 0.6) is 5.75 Å². The van der Waals surface area contributed by atoms with E-state index in [-0.39, 0.29) is 55.3 Å². The van der Waals surface area contributed by atoms with Crippen LogP contribution >= 0.6 is 11.6 Å². The zero-order valence-corrected chi connectivity index (χ0v) is 19.5. The second kappa shape index (κ2) is 8.86. The van der Waals surface area contributed by atoms with Crippen molar-refractivity contribution >= 4 is 17.5 Å². The van der Waals surface area contributed by atoms with Gasteiger partial charge in [0.1, 0.15) is 5.75 Å². The summed E-state index contributed by atoms with van der Waals surface area (Å²) in [7, 11) is 0. The summed E-state index contributed by atoms with van der Waals surface area (Å²) in [6, 6.07) is 4.68. The fourth-order valence-corrected chi connectivity index (χ4v) is 5.72. The average molecular weight is 530 g/mol. The molecule has 0 radical (unpaired) electrons. The summed E-state index contributed by atoms with van der Waals surface area (Å²) in [6.07, 6.45) is -6.12. The first-order valence-electron chi connectivity index (χ1n) is 11.8. The summed E-state index contributed by atoms with van der Waals surface area (Å²) in [4.78, 5) is 12.9. The Hall–Kier alpha value is -2.41. The van der Waals surface area contributed by atoms with Gasteiger partial charge in [0.25, 0.3) is 5.91 Å². The van der Waals surface area contributed by atoms with Gasteiger partial charge in [-0.3, -0.25) is 9.53 Å². The van der Waals surface area contributed by atoms with Crippen molar-refractivity contribution in [1.29, 1.82) is 0 Å². The monoisotopic (exact) mass is 529 g/mol. The number of benzene rings is 1. The number of nitrogens with one attached hydrogen (secondary N) is 1. The standard InChI is InChI=1S/C23H23ClF3N3O6/c24-10-1-2-16-12(5-10)15(31)8-19(33-16)20(32)28-14-7-17-13(6-18(14)34-17)22-30-29-21(35-22)9-3-11(4-9)36-23(25,26)27/h1-2,5,9,11,13-15,17-19,31H,3-4,6-8H2,(H,28,32)/t9-,11+,13-,14-,15-,17+,18+,19+/m1/s1. The van der Waals surface area contributed by atoms with Crippen molar-refractivity contribution < 1.29 is 41.7 Å². The molecule has 1 saturated carbocycles. The van der Waals surface area contributed by atoms with Crippen LogP contribution in [0.4, 0.5) is 13.2 Å². The zero-order chi connectivity index (χ0) is 25.2. The average Bonchev–Trinajstić information content (AvgIpc) is 3.51. The van der Waals surface area contributed by atoms with E-state index in [2.05, 4.69) is 20.3 Å². The third-order valence-corrected chi connectivity index (χ3v) is 7.63. The van der Waals surface area contributed by atoms with Crippen molar-refractivity contribution in [3.63, 3.8) is 0 Å². The van der Waals surface area contributed by atoms with Crippen molar-refractivity contribution in [3.05, 3.63) is 40.6 Å². The quantitative estimate of drug-likeness (QED) is 0.604. The summed E-state index contributed by atoms with van der Waals surface area (Å²) in [5.74, 6) is 0.421. The molecule has 2 saturated heterocycles. The maximum absolute atomic E-state index is 12.9. The van der Waals surface area contributed by atoms with Crippen LogP contribution in [0.2, 0.25) is 5.02 Å². The lowest BCUT2D eigenvalue weighted by atomic mass is 9.82. The van der Waals surface area contributed by atoms with Gasteiger partial charge in [-0.05, 0) is 43.9 Å². The van der Waals surface area contributed by atoms with E-state index in [1.54, 1.807) is 18.2 Å². The van der Waals surface area contributed by atoms with E-state index in [0.717, 1.165) is 0 Å². The minimum Gasteiger partial charge on any atom is -0.480 e. The minimum atomic E-state index is -4.65. The van der Waals surface area contributed by atoms with Crippen LogP contribution in [0.15, 0.2) is 22.6 Å². The number of amides is 1. The molecule has 3 aliphatic heterocycles. The first kappa shape index (κ1) is 24.0. The number of hydrogen-bond acceptors (Lipinski definition) is 8. The van der Waals surface area contributed by atoms with Crippen molar-refractivity contribution in [1.82, 2.24) is 15.5 Å². The first-order valence-corrected chi connectivity index (χ1v) is 12.2. The molecule has 2 bridgehead atoms. The van der Waals surface area contributed by atoms with Crippen molar-refractivity contribution in [2.45, 2.75) is 86.9 Å². The molecule has 13 heteroatoms. The molecule has 4 aliphatic rings. The number of rotatable bonds is 5. The number of nitrogens with zero attached hydrogens (tertiary/aromatic N) is 2. The zero-order valence-electron chi connectivity index (χ0n) is 18.8. The van der Waals surface area contributed by atoms with Crippen LogP contribution in [0, 0.1) is 0 Å². The van der Waals surface area contributed by atoms with Gasteiger partial charge in [-0.1, -0.05) is 11.6 Å². The number of aromatic nitrogens is 2. The van der Waals surface area contributed by atoms with Crippen LogP contribution in [-0.4, -0.2) is 58.0 Å². The molecule has 0 unspecified atom stereocenters. The topological polar surface area (TPSA) is 116 Å². The van der Waals surface area contributed by atoms with E-state index in [4.69, 9.17) is 25.5 Å². The lowest BCUT2D eigenvalue weighted by Crippen LogP contribution is -2.49. The molecular weight excluding hydrogens is 507 g/mol. The van der Waals surface area contributed by atoms with Gasteiger partial charge in [-0.25, -0.2) is 0 Å². The van der Waals surface area contributed by atoms with Crippen LogP contribution in [0.25, 0.3) is 0 Å². The molecule has 4 heterocycles.